The number of ether oxygens (including phenoxy) is 1. The van der Waals surface area contributed by atoms with Crippen LogP contribution in [0, 0.1) is 0 Å². The molecule has 0 aliphatic carbocycles. The minimum atomic E-state index is 0.110. The lowest BCUT2D eigenvalue weighted by Crippen LogP contribution is -2.17. The summed E-state index contributed by atoms with van der Waals surface area (Å²) in [4.78, 5) is 17.1. The van der Waals surface area contributed by atoms with Crippen LogP contribution in [0.15, 0.2) is 76.9 Å². The summed E-state index contributed by atoms with van der Waals surface area (Å²) in [6.07, 6.45) is 1.78. The second-order valence-corrected chi connectivity index (χ2v) is 6.78. The van der Waals surface area contributed by atoms with E-state index in [-0.39, 0.29) is 6.79 Å². The second-order valence-electron chi connectivity index (χ2n) is 5.74. The SMILES string of the molecule is COCOn1c(-c2cc3ccccc3n2OC)cnc1Sc1ccccc1. The van der Waals surface area contributed by atoms with Crippen molar-refractivity contribution in [3.05, 3.63) is 66.9 Å². The summed E-state index contributed by atoms with van der Waals surface area (Å²) in [5.74, 6) is 0. The molecular formula is C20H19N3O3S. The minimum Gasteiger partial charge on any atom is -0.416 e. The van der Waals surface area contributed by atoms with Crippen molar-refractivity contribution in [2.24, 2.45) is 0 Å². The number of aromatic nitrogens is 3. The van der Waals surface area contributed by atoms with Gasteiger partial charge in [-0.25, -0.2) is 4.98 Å². The fourth-order valence-corrected chi connectivity index (χ4v) is 3.73. The lowest BCUT2D eigenvalue weighted by atomic mass is 10.2. The number of hydrogen-bond acceptors (Lipinski definition) is 5. The molecule has 138 valence electrons. The largest absolute Gasteiger partial charge is 0.416 e. The summed E-state index contributed by atoms with van der Waals surface area (Å²) in [6, 6.07) is 20.1. The summed E-state index contributed by atoms with van der Waals surface area (Å²) < 4.78 is 8.57. The molecule has 4 rings (SSSR count). The van der Waals surface area contributed by atoms with E-state index < -0.39 is 0 Å². The van der Waals surface area contributed by atoms with E-state index >= 15 is 0 Å². The molecule has 0 saturated carbocycles. The third-order valence-electron chi connectivity index (χ3n) is 4.05. The van der Waals surface area contributed by atoms with Crippen molar-refractivity contribution in [3.8, 4) is 11.4 Å². The van der Waals surface area contributed by atoms with Crippen LogP contribution in [0.5, 0.6) is 0 Å². The zero-order chi connectivity index (χ0) is 18.6. The van der Waals surface area contributed by atoms with Gasteiger partial charge in [0.25, 0.3) is 0 Å². The fourth-order valence-electron chi connectivity index (χ4n) is 2.89. The molecule has 0 unspecified atom stereocenters. The predicted molar refractivity (Wildman–Crippen MR) is 105 cm³/mol. The molecule has 2 aromatic heterocycles. The first-order chi connectivity index (χ1) is 13.3. The Hall–Kier alpha value is -2.90. The van der Waals surface area contributed by atoms with Gasteiger partial charge in [-0.1, -0.05) is 36.4 Å². The minimum absolute atomic E-state index is 0.110. The maximum Gasteiger partial charge on any atom is 0.214 e. The molecule has 0 spiro atoms. The van der Waals surface area contributed by atoms with Gasteiger partial charge in [0.1, 0.15) is 18.5 Å². The average Bonchev–Trinajstić information content (AvgIpc) is 3.27. The fraction of sp³-hybridized carbons (Fsp3) is 0.150. The molecule has 7 heteroatoms. The van der Waals surface area contributed by atoms with Gasteiger partial charge in [-0.2, -0.15) is 9.46 Å². The molecule has 0 aliphatic rings. The lowest BCUT2D eigenvalue weighted by Gasteiger charge is -2.13. The van der Waals surface area contributed by atoms with Gasteiger partial charge in [-0.3, -0.25) is 0 Å². The molecule has 2 heterocycles. The smallest absolute Gasteiger partial charge is 0.214 e. The first-order valence-electron chi connectivity index (χ1n) is 8.40. The number of para-hydroxylation sites is 1. The molecule has 6 nitrogen and oxygen atoms in total. The number of imidazole rings is 1. The zero-order valence-electron chi connectivity index (χ0n) is 15.0. The standard InChI is InChI=1S/C20H19N3O3S/c1-24-14-26-23-19(13-21-20(23)27-16-9-4-3-5-10-16)18-12-15-8-6-7-11-17(15)22(18)25-2/h3-13H,14H2,1-2H3. The number of rotatable bonds is 7. The monoisotopic (exact) mass is 381 g/mol. The van der Waals surface area contributed by atoms with E-state index in [9.17, 15) is 0 Å². The van der Waals surface area contributed by atoms with Crippen molar-refractivity contribution >= 4 is 22.7 Å². The quantitative estimate of drug-likeness (QED) is 0.457. The highest BCUT2D eigenvalue weighted by molar-refractivity contribution is 7.99. The summed E-state index contributed by atoms with van der Waals surface area (Å²) in [6.45, 7) is 0.110. The third-order valence-corrected chi connectivity index (χ3v) is 5.02. The van der Waals surface area contributed by atoms with Gasteiger partial charge in [0.2, 0.25) is 11.9 Å². The van der Waals surface area contributed by atoms with Crippen molar-refractivity contribution in [1.29, 1.82) is 0 Å². The normalized spacial score (nSPS) is 11.0. The number of nitrogens with zero attached hydrogens (tertiary/aromatic N) is 3. The van der Waals surface area contributed by atoms with Gasteiger partial charge in [0.05, 0.1) is 11.7 Å². The van der Waals surface area contributed by atoms with Gasteiger partial charge in [0, 0.05) is 17.4 Å². The van der Waals surface area contributed by atoms with Crippen LogP contribution in [0.1, 0.15) is 0 Å². The Balaban J connectivity index is 1.81. The number of benzene rings is 2. The third kappa shape index (κ3) is 3.39. The highest BCUT2D eigenvalue weighted by Crippen LogP contribution is 2.32. The summed E-state index contributed by atoms with van der Waals surface area (Å²) in [5.41, 5.74) is 2.61. The predicted octanol–water partition coefficient (Wildman–Crippen LogP) is 3.75. The van der Waals surface area contributed by atoms with Crippen molar-refractivity contribution in [1.82, 2.24) is 14.4 Å². The van der Waals surface area contributed by atoms with E-state index in [1.807, 2.05) is 54.6 Å². The van der Waals surface area contributed by atoms with Crippen LogP contribution in [-0.4, -0.2) is 35.5 Å². The van der Waals surface area contributed by atoms with Crippen LogP contribution in [0.25, 0.3) is 22.3 Å². The van der Waals surface area contributed by atoms with E-state index in [4.69, 9.17) is 14.4 Å². The van der Waals surface area contributed by atoms with E-state index in [0.717, 1.165) is 27.2 Å². The van der Waals surface area contributed by atoms with Crippen molar-refractivity contribution in [2.75, 3.05) is 21.0 Å². The highest BCUT2D eigenvalue weighted by Gasteiger charge is 2.20. The second kappa shape index (κ2) is 7.77. The van der Waals surface area contributed by atoms with E-state index in [2.05, 4.69) is 11.1 Å². The van der Waals surface area contributed by atoms with Gasteiger partial charge in [0.15, 0.2) is 0 Å². The van der Waals surface area contributed by atoms with Crippen LogP contribution in [-0.2, 0) is 4.74 Å². The van der Waals surface area contributed by atoms with Gasteiger partial charge in [-0.05, 0) is 36.0 Å². The summed E-state index contributed by atoms with van der Waals surface area (Å²) in [5, 5.41) is 1.78. The van der Waals surface area contributed by atoms with E-state index in [0.29, 0.717) is 5.16 Å². The first kappa shape index (κ1) is 17.5. The van der Waals surface area contributed by atoms with Crippen LogP contribution in [0.3, 0.4) is 0 Å². The Labute approximate surface area is 161 Å². The molecule has 0 fully saturated rings. The van der Waals surface area contributed by atoms with Crippen molar-refractivity contribution in [2.45, 2.75) is 10.1 Å². The van der Waals surface area contributed by atoms with Gasteiger partial charge < -0.3 is 14.4 Å². The molecule has 0 aliphatic heterocycles. The number of fused-ring (bicyclic) bond motifs is 1. The van der Waals surface area contributed by atoms with E-state index in [1.165, 1.54) is 11.8 Å². The molecule has 0 amide bonds. The van der Waals surface area contributed by atoms with Crippen LogP contribution in [0.2, 0.25) is 0 Å². The molecule has 27 heavy (non-hydrogen) atoms. The van der Waals surface area contributed by atoms with Gasteiger partial charge >= 0.3 is 0 Å². The molecule has 0 atom stereocenters. The van der Waals surface area contributed by atoms with Crippen molar-refractivity contribution < 1.29 is 14.4 Å². The Morgan fingerprint density at radius 3 is 2.48 bits per heavy atom. The summed E-state index contributed by atoms with van der Waals surface area (Å²) >= 11 is 1.52. The number of hydrogen-bond donors (Lipinski definition) is 0. The van der Waals surface area contributed by atoms with Crippen LogP contribution in [0.4, 0.5) is 0 Å². The zero-order valence-corrected chi connectivity index (χ0v) is 15.8. The average molecular weight is 381 g/mol. The van der Waals surface area contributed by atoms with Crippen LogP contribution >= 0.6 is 11.8 Å². The molecular weight excluding hydrogens is 362 g/mol. The Morgan fingerprint density at radius 2 is 1.70 bits per heavy atom. The molecule has 0 saturated heterocycles. The van der Waals surface area contributed by atoms with Crippen LogP contribution < -0.4 is 9.68 Å². The molecule has 2 aromatic carbocycles. The summed E-state index contributed by atoms with van der Waals surface area (Å²) in [7, 11) is 3.24. The number of methoxy groups -OCH3 is 1. The topological polar surface area (TPSA) is 50.4 Å². The molecule has 0 N–H and O–H groups in total. The molecule has 0 radical (unpaired) electrons. The Bertz CT molecular complexity index is 1040. The highest BCUT2D eigenvalue weighted by atomic mass is 32.2. The first-order valence-corrected chi connectivity index (χ1v) is 9.21. The maximum absolute atomic E-state index is 5.82. The maximum atomic E-state index is 5.82. The van der Waals surface area contributed by atoms with Crippen molar-refractivity contribution in [3.63, 3.8) is 0 Å². The lowest BCUT2D eigenvalue weighted by molar-refractivity contribution is -0.0455. The van der Waals surface area contributed by atoms with E-state index in [1.54, 1.807) is 29.9 Å². The molecule has 4 aromatic rings. The molecule has 0 bridgehead atoms. The van der Waals surface area contributed by atoms with Gasteiger partial charge in [-0.15, -0.1) is 0 Å². The Kier molecular flexibility index (Phi) is 5.04. The Morgan fingerprint density at radius 1 is 0.926 bits per heavy atom.